The van der Waals surface area contributed by atoms with Gasteiger partial charge in [-0.1, -0.05) is 22.7 Å². The lowest BCUT2D eigenvalue weighted by Crippen LogP contribution is -1.84. The molecular weight excluding hydrogens is 178 g/mol. The van der Waals surface area contributed by atoms with Gasteiger partial charge in [-0.3, -0.25) is 5.43 Å². The van der Waals surface area contributed by atoms with Gasteiger partial charge in [0, 0.05) is 0 Å². The highest BCUT2D eigenvalue weighted by molar-refractivity contribution is 7.61. The van der Waals surface area contributed by atoms with Gasteiger partial charge in [0.2, 0.25) is 0 Å². The first-order valence-corrected chi connectivity index (χ1v) is 3.93. The lowest BCUT2D eigenvalue weighted by atomic mass is 10.3. The molecular formula is C6H9N3O2S. The van der Waals surface area contributed by atoms with Gasteiger partial charge >= 0.3 is 10.5 Å². The van der Waals surface area contributed by atoms with Crippen molar-refractivity contribution in [2.75, 3.05) is 5.43 Å². The molecule has 4 N–H and O–H groups in total. The van der Waals surface area contributed by atoms with Crippen molar-refractivity contribution in [3.63, 3.8) is 0 Å². The summed E-state index contributed by atoms with van der Waals surface area (Å²) in [6, 6.07) is 8.84. The fourth-order valence-electron chi connectivity index (χ4n) is 0.603. The third kappa shape index (κ3) is 3.69. The molecule has 0 aromatic heterocycles. The highest BCUT2D eigenvalue weighted by atomic mass is 32.2. The molecule has 0 saturated heterocycles. The fraction of sp³-hybridized carbons (Fsp3) is 0. The number of hydrogen-bond donors (Lipinski definition) is 2. The molecule has 0 spiro atoms. The van der Waals surface area contributed by atoms with E-state index in [1.807, 2.05) is 6.07 Å². The summed E-state index contributed by atoms with van der Waals surface area (Å²) in [5, 5.41) is 0. The molecule has 0 aliphatic carbocycles. The zero-order valence-electron chi connectivity index (χ0n) is 6.27. The second kappa shape index (κ2) is 5.28. The minimum Gasteiger partial charge on any atom is -0.344 e. The largest absolute Gasteiger partial charge is 0.344 e. The van der Waals surface area contributed by atoms with E-state index in [1.54, 1.807) is 24.3 Å². The van der Waals surface area contributed by atoms with Crippen LogP contribution < -0.4 is 11.6 Å². The zero-order chi connectivity index (χ0) is 8.10. The molecule has 66 valence electrons. The molecule has 0 amide bonds. The monoisotopic (exact) mass is 187 g/mol. The summed E-state index contributed by atoms with van der Waals surface area (Å²) in [7, 11) is -2.40. The van der Waals surface area contributed by atoms with Gasteiger partial charge in [-0.2, -0.15) is 8.42 Å². The molecule has 0 heterocycles. The Morgan fingerprint density at radius 3 is 2.25 bits per heavy atom. The Morgan fingerprint density at radius 2 is 1.75 bits per heavy atom. The number of nitrogens with zero attached hydrogens (tertiary/aromatic N) is 1. The Hall–Kier alpha value is -1.40. The van der Waals surface area contributed by atoms with E-state index in [9.17, 15) is 8.42 Å². The summed E-state index contributed by atoms with van der Waals surface area (Å²) in [6.07, 6.45) is 0. The summed E-state index contributed by atoms with van der Waals surface area (Å²) in [6.45, 7) is 0. The van der Waals surface area contributed by atoms with E-state index in [4.69, 9.17) is 0 Å². The third-order valence-corrected chi connectivity index (χ3v) is 1.26. The van der Waals surface area contributed by atoms with Crippen LogP contribution in [0.2, 0.25) is 0 Å². The molecule has 0 atom stereocenters. The lowest BCUT2D eigenvalue weighted by molar-refractivity contribution is 0.621. The Labute approximate surface area is 71.7 Å². The smallest absolute Gasteiger partial charge is 0.332 e. The second-order valence-electron chi connectivity index (χ2n) is 1.79. The van der Waals surface area contributed by atoms with Gasteiger partial charge in [0.15, 0.2) is 0 Å². The molecule has 1 aromatic carbocycles. The van der Waals surface area contributed by atoms with Crippen LogP contribution in [0.3, 0.4) is 0 Å². The molecule has 0 fully saturated rings. The highest BCUT2D eigenvalue weighted by Gasteiger charge is 1.83. The molecule has 1 rings (SSSR count). The highest BCUT2D eigenvalue weighted by Crippen LogP contribution is 2.03. The van der Waals surface area contributed by atoms with E-state index in [0.29, 0.717) is 5.69 Å². The molecule has 12 heavy (non-hydrogen) atoms. The van der Waals surface area contributed by atoms with Gasteiger partial charge in [0.05, 0.1) is 5.69 Å². The minimum absolute atomic E-state index is 0. The summed E-state index contributed by atoms with van der Waals surface area (Å²) in [5.41, 5.74) is 3.01. The molecule has 0 aliphatic heterocycles. The third-order valence-electron chi connectivity index (χ3n) is 1.02. The van der Waals surface area contributed by atoms with Crippen molar-refractivity contribution in [2.45, 2.75) is 0 Å². The molecule has 0 unspecified atom stereocenters. The van der Waals surface area contributed by atoms with Crippen molar-refractivity contribution >= 4 is 16.2 Å². The number of para-hydroxylation sites is 1. The zero-order valence-corrected chi connectivity index (χ0v) is 7.08. The SMILES string of the molecule is N.O=S(=O)=NNc1ccccc1. The number of hydrogen-bond acceptors (Lipinski definition) is 4. The van der Waals surface area contributed by atoms with E-state index in [2.05, 4.69) is 9.90 Å². The van der Waals surface area contributed by atoms with Crippen LogP contribution in [0.1, 0.15) is 0 Å². The summed E-state index contributed by atoms with van der Waals surface area (Å²) >= 11 is 0. The number of rotatable bonds is 2. The van der Waals surface area contributed by atoms with Gasteiger partial charge < -0.3 is 6.15 Å². The molecule has 0 saturated carbocycles. The van der Waals surface area contributed by atoms with Crippen molar-refractivity contribution in [1.29, 1.82) is 0 Å². The van der Waals surface area contributed by atoms with Gasteiger partial charge in [-0.25, -0.2) is 0 Å². The predicted molar refractivity (Wildman–Crippen MR) is 46.4 cm³/mol. The van der Waals surface area contributed by atoms with E-state index in [1.165, 1.54) is 0 Å². The fourth-order valence-corrected chi connectivity index (χ4v) is 0.783. The Balaban J connectivity index is 0.00000121. The number of anilines is 1. The van der Waals surface area contributed by atoms with Gasteiger partial charge in [-0.05, 0) is 12.1 Å². The van der Waals surface area contributed by atoms with Gasteiger partial charge in [0.1, 0.15) is 0 Å². The minimum atomic E-state index is -2.40. The van der Waals surface area contributed by atoms with Crippen LogP contribution in [-0.2, 0) is 10.5 Å². The Morgan fingerprint density at radius 1 is 1.17 bits per heavy atom. The first-order valence-electron chi connectivity index (χ1n) is 2.90. The van der Waals surface area contributed by atoms with E-state index >= 15 is 0 Å². The van der Waals surface area contributed by atoms with Gasteiger partial charge in [-0.15, -0.1) is 0 Å². The van der Waals surface area contributed by atoms with Crippen LogP contribution in [0, 0.1) is 0 Å². The maximum atomic E-state index is 9.94. The van der Waals surface area contributed by atoms with Crippen LogP contribution in [-0.4, -0.2) is 8.42 Å². The molecule has 5 nitrogen and oxygen atoms in total. The quantitative estimate of drug-likeness (QED) is 0.681. The van der Waals surface area contributed by atoms with E-state index in [0.717, 1.165) is 0 Å². The number of benzene rings is 1. The van der Waals surface area contributed by atoms with Crippen LogP contribution in [0.15, 0.2) is 34.8 Å². The maximum Gasteiger partial charge on any atom is 0.332 e. The molecule has 0 radical (unpaired) electrons. The first kappa shape index (κ1) is 10.6. The average molecular weight is 187 g/mol. The summed E-state index contributed by atoms with van der Waals surface area (Å²) in [5.74, 6) is 0. The summed E-state index contributed by atoms with van der Waals surface area (Å²) in [4.78, 5) is 0. The van der Waals surface area contributed by atoms with Crippen molar-refractivity contribution < 1.29 is 8.42 Å². The van der Waals surface area contributed by atoms with E-state index in [-0.39, 0.29) is 6.15 Å². The molecule has 6 heteroatoms. The van der Waals surface area contributed by atoms with Crippen LogP contribution in [0.5, 0.6) is 0 Å². The number of nitrogens with one attached hydrogen (secondary N) is 1. The molecule has 0 bridgehead atoms. The standard InChI is InChI=1S/C6H6N2O2S.H3N/c9-11(10)8-7-6-4-2-1-3-5-6;/h1-5,7H;1H3. The molecule has 1 aromatic rings. The predicted octanol–water partition coefficient (Wildman–Crippen LogP) is 1.24. The normalized spacial score (nSPS) is 8.00. The van der Waals surface area contributed by atoms with Crippen LogP contribution in [0.25, 0.3) is 0 Å². The maximum absolute atomic E-state index is 9.94. The first-order chi connectivity index (χ1) is 5.29. The van der Waals surface area contributed by atoms with Gasteiger partial charge in [0.25, 0.3) is 0 Å². The topological polar surface area (TPSA) is 93.5 Å². The Bertz CT molecular complexity index is 338. The lowest BCUT2D eigenvalue weighted by Gasteiger charge is -1.93. The van der Waals surface area contributed by atoms with Crippen molar-refractivity contribution in [3.05, 3.63) is 30.3 Å². The van der Waals surface area contributed by atoms with Crippen molar-refractivity contribution in [1.82, 2.24) is 6.15 Å². The van der Waals surface area contributed by atoms with E-state index < -0.39 is 10.5 Å². The second-order valence-corrected chi connectivity index (χ2v) is 2.40. The average Bonchev–Trinajstić information content (AvgIpc) is 2.03. The van der Waals surface area contributed by atoms with Crippen LogP contribution >= 0.6 is 0 Å². The molecule has 0 aliphatic rings. The van der Waals surface area contributed by atoms with Crippen LogP contribution in [0.4, 0.5) is 5.69 Å². The summed E-state index contributed by atoms with van der Waals surface area (Å²) < 4.78 is 22.9. The Kier molecular flexibility index (Phi) is 4.66. The van der Waals surface area contributed by atoms with Crippen molar-refractivity contribution in [3.8, 4) is 0 Å². The van der Waals surface area contributed by atoms with Crippen molar-refractivity contribution in [2.24, 2.45) is 4.47 Å².